The average molecular weight is 236 g/mol. The molecule has 0 spiro atoms. The van der Waals surface area contributed by atoms with E-state index in [-0.39, 0.29) is 12.3 Å². The van der Waals surface area contributed by atoms with Crippen LogP contribution in [0.2, 0.25) is 0 Å². The first kappa shape index (κ1) is 11.9. The number of pyridine rings is 1. The van der Waals surface area contributed by atoms with Gasteiger partial charge in [0.2, 0.25) is 0 Å². The van der Waals surface area contributed by atoms with Gasteiger partial charge in [0.1, 0.15) is 11.9 Å². The summed E-state index contributed by atoms with van der Waals surface area (Å²) in [6, 6.07) is 3.47. The third kappa shape index (κ3) is 2.94. The van der Waals surface area contributed by atoms with Crippen LogP contribution in [-0.4, -0.2) is 30.4 Å². The Hall–Kier alpha value is -1.62. The molecule has 0 amide bonds. The highest BCUT2D eigenvalue weighted by Gasteiger charge is 2.21. The summed E-state index contributed by atoms with van der Waals surface area (Å²) in [5.74, 6) is -0.436. The van der Waals surface area contributed by atoms with E-state index < -0.39 is 5.97 Å². The van der Waals surface area contributed by atoms with Crippen molar-refractivity contribution in [3.05, 3.63) is 24.0 Å². The van der Waals surface area contributed by atoms with Crippen molar-refractivity contribution in [2.75, 3.05) is 12.4 Å². The number of hydrogen-bond donors (Lipinski definition) is 1. The molecule has 5 nitrogen and oxygen atoms in total. The molecular weight excluding hydrogens is 220 g/mol. The van der Waals surface area contributed by atoms with E-state index in [4.69, 9.17) is 4.74 Å². The van der Waals surface area contributed by atoms with Crippen molar-refractivity contribution < 1.29 is 14.3 Å². The summed E-state index contributed by atoms with van der Waals surface area (Å²) in [6.07, 6.45) is 3.89. The van der Waals surface area contributed by atoms with E-state index in [0.717, 1.165) is 18.5 Å². The molecule has 0 bridgehead atoms. The summed E-state index contributed by atoms with van der Waals surface area (Å²) in [6.45, 7) is 2.05. The Morgan fingerprint density at radius 2 is 2.41 bits per heavy atom. The molecule has 1 aromatic heterocycles. The van der Waals surface area contributed by atoms with E-state index in [2.05, 4.69) is 15.0 Å². The normalized spacial score (nSPS) is 23.4. The predicted molar refractivity (Wildman–Crippen MR) is 62.8 cm³/mol. The highest BCUT2D eigenvalue weighted by Crippen LogP contribution is 2.21. The van der Waals surface area contributed by atoms with Gasteiger partial charge in [0, 0.05) is 11.9 Å². The molecule has 2 unspecified atom stereocenters. The molecule has 1 saturated heterocycles. The SMILES string of the molecule is COC(=O)c1cc(NC2CCC(C)O2)ccn1. The van der Waals surface area contributed by atoms with Crippen molar-refractivity contribution in [2.45, 2.75) is 32.1 Å². The molecule has 5 heteroatoms. The molecule has 1 aromatic rings. The van der Waals surface area contributed by atoms with Crippen LogP contribution >= 0.6 is 0 Å². The number of hydrogen-bond acceptors (Lipinski definition) is 5. The number of ether oxygens (including phenoxy) is 2. The minimum absolute atomic E-state index is 0.0119. The number of carbonyl (C=O) groups is 1. The molecule has 1 aliphatic rings. The molecule has 0 saturated carbocycles. The van der Waals surface area contributed by atoms with Crippen LogP contribution < -0.4 is 5.32 Å². The highest BCUT2D eigenvalue weighted by atomic mass is 16.5. The standard InChI is InChI=1S/C12H16N2O3/c1-8-3-4-11(17-8)14-9-5-6-13-10(7-9)12(15)16-2/h5-8,11H,3-4H2,1-2H3,(H,13,14). The Morgan fingerprint density at radius 3 is 3.06 bits per heavy atom. The largest absolute Gasteiger partial charge is 0.464 e. The van der Waals surface area contributed by atoms with E-state index in [9.17, 15) is 4.79 Å². The van der Waals surface area contributed by atoms with Crippen LogP contribution in [0.1, 0.15) is 30.3 Å². The van der Waals surface area contributed by atoms with Gasteiger partial charge >= 0.3 is 5.97 Å². The zero-order valence-electron chi connectivity index (χ0n) is 9.97. The number of methoxy groups -OCH3 is 1. The quantitative estimate of drug-likeness (QED) is 0.811. The predicted octanol–water partition coefficient (Wildman–Crippen LogP) is 1.81. The maximum atomic E-state index is 11.3. The molecule has 2 heterocycles. The minimum Gasteiger partial charge on any atom is -0.464 e. The van der Waals surface area contributed by atoms with Crippen LogP contribution in [0.4, 0.5) is 5.69 Å². The van der Waals surface area contributed by atoms with E-state index in [1.165, 1.54) is 7.11 Å². The number of aromatic nitrogens is 1. The Bertz CT molecular complexity index is 408. The zero-order valence-corrected chi connectivity index (χ0v) is 9.97. The fourth-order valence-electron chi connectivity index (χ4n) is 1.83. The van der Waals surface area contributed by atoms with Crippen molar-refractivity contribution in [1.82, 2.24) is 4.98 Å². The van der Waals surface area contributed by atoms with E-state index in [1.807, 2.05) is 6.92 Å². The summed E-state index contributed by atoms with van der Waals surface area (Å²) in [5, 5.41) is 3.22. The Labute approximate surface area is 100 Å². The van der Waals surface area contributed by atoms with Crippen LogP contribution in [0.5, 0.6) is 0 Å². The lowest BCUT2D eigenvalue weighted by molar-refractivity contribution is 0.0593. The maximum absolute atomic E-state index is 11.3. The molecule has 0 aromatic carbocycles. The van der Waals surface area contributed by atoms with Crippen molar-refractivity contribution in [2.24, 2.45) is 0 Å². The molecule has 92 valence electrons. The molecular formula is C12H16N2O3. The minimum atomic E-state index is -0.436. The monoisotopic (exact) mass is 236 g/mol. The molecule has 2 rings (SSSR count). The van der Waals surface area contributed by atoms with Crippen LogP contribution in [-0.2, 0) is 9.47 Å². The second kappa shape index (κ2) is 5.14. The molecule has 1 N–H and O–H groups in total. The van der Waals surface area contributed by atoms with Gasteiger partial charge in [0.15, 0.2) is 0 Å². The van der Waals surface area contributed by atoms with Crippen molar-refractivity contribution in [3.63, 3.8) is 0 Å². The second-order valence-electron chi connectivity index (χ2n) is 4.08. The van der Waals surface area contributed by atoms with Gasteiger partial charge < -0.3 is 14.8 Å². The molecule has 2 atom stereocenters. The third-order valence-corrected chi connectivity index (χ3v) is 2.71. The van der Waals surface area contributed by atoms with Crippen molar-refractivity contribution in [3.8, 4) is 0 Å². The Morgan fingerprint density at radius 1 is 1.59 bits per heavy atom. The van der Waals surface area contributed by atoms with Gasteiger partial charge in [-0.15, -0.1) is 0 Å². The first-order valence-corrected chi connectivity index (χ1v) is 5.65. The van der Waals surface area contributed by atoms with E-state index >= 15 is 0 Å². The number of anilines is 1. The summed E-state index contributed by atoms with van der Waals surface area (Å²) >= 11 is 0. The average Bonchev–Trinajstić information content (AvgIpc) is 2.74. The fraction of sp³-hybridized carbons (Fsp3) is 0.500. The molecule has 1 aliphatic heterocycles. The first-order valence-electron chi connectivity index (χ1n) is 5.65. The fourth-order valence-corrected chi connectivity index (χ4v) is 1.83. The van der Waals surface area contributed by atoms with Gasteiger partial charge in [-0.3, -0.25) is 0 Å². The van der Waals surface area contributed by atoms with Gasteiger partial charge in [0.25, 0.3) is 0 Å². The molecule has 1 fully saturated rings. The van der Waals surface area contributed by atoms with Gasteiger partial charge in [-0.05, 0) is 31.9 Å². The smallest absolute Gasteiger partial charge is 0.356 e. The van der Waals surface area contributed by atoms with Crippen LogP contribution in [0.25, 0.3) is 0 Å². The lowest BCUT2D eigenvalue weighted by atomic mass is 10.2. The lowest BCUT2D eigenvalue weighted by Gasteiger charge is -2.14. The number of nitrogens with one attached hydrogen (secondary N) is 1. The van der Waals surface area contributed by atoms with Gasteiger partial charge in [-0.2, -0.15) is 0 Å². The van der Waals surface area contributed by atoms with Crippen molar-refractivity contribution >= 4 is 11.7 Å². The topological polar surface area (TPSA) is 60.5 Å². The summed E-state index contributed by atoms with van der Waals surface area (Å²) in [7, 11) is 1.34. The number of esters is 1. The number of nitrogens with zero attached hydrogens (tertiary/aromatic N) is 1. The Balaban J connectivity index is 2.03. The van der Waals surface area contributed by atoms with Crippen molar-refractivity contribution in [1.29, 1.82) is 0 Å². The van der Waals surface area contributed by atoms with Crippen LogP contribution in [0.15, 0.2) is 18.3 Å². The number of rotatable bonds is 3. The third-order valence-electron chi connectivity index (χ3n) is 2.71. The lowest BCUT2D eigenvalue weighted by Crippen LogP contribution is -2.19. The highest BCUT2D eigenvalue weighted by molar-refractivity contribution is 5.88. The molecule has 17 heavy (non-hydrogen) atoms. The summed E-state index contributed by atoms with van der Waals surface area (Å²) in [5.41, 5.74) is 1.11. The number of carbonyl (C=O) groups excluding carboxylic acids is 1. The Kier molecular flexibility index (Phi) is 3.58. The second-order valence-corrected chi connectivity index (χ2v) is 4.08. The maximum Gasteiger partial charge on any atom is 0.356 e. The van der Waals surface area contributed by atoms with Crippen LogP contribution in [0.3, 0.4) is 0 Å². The van der Waals surface area contributed by atoms with Crippen LogP contribution in [0, 0.1) is 0 Å². The van der Waals surface area contributed by atoms with E-state index in [0.29, 0.717) is 5.69 Å². The molecule has 0 aliphatic carbocycles. The molecule has 0 radical (unpaired) electrons. The van der Waals surface area contributed by atoms with E-state index in [1.54, 1.807) is 18.3 Å². The summed E-state index contributed by atoms with van der Waals surface area (Å²) in [4.78, 5) is 15.3. The summed E-state index contributed by atoms with van der Waals surface area (Å²) < 4.78 is 10.3. The van der Waals surface area contributed by atoms with Gasteiger partial charge in [0.05, 0.1) is 13.2 Å². The zero-order chi connectivity index (χ0) is 12.3. The van der Waals surface area contributed by atoms with Gasteiger partial charge in [-0.25, -0.2) is 9.78 Å². The first-order chi connectivity index (χ1) is 8.19. The van der Waals surface area contributed by atoms with Gasteiger partial charge in [-0.1, -0.05) is 0 Å².